The van der Waals surface area contributed by atoms with E-state index in [9.17, 15) is 13.2 Å². The van der Waals surface area contributed by atoms with E-state index < -0.39 is 10.0 Å². The average Bonchev–Trinajstić information content (AvgIpc) is 3.12. The summed E-state index contributed by atoms with van der Waals surface area (Å²) in [6.07, 6.45) is 2.51. The number of carbonyl (C=O) groups excluding carboxylic acids is 1. The summed E-state index contributed by atoms with van der Waals surface area (Å²) < 4.78 is 27.1. The number of amides is 1. The molecule has 1 aromatic rings. The van der Waals surface area contributed by atoms with Crippen molar-refractivity contribution in [3.63, 3.8) is 0 Å². The highest BCUT2D eigenvalue weighted by Gasteiger charge is 2.35. The van der Waals surface area contributed by atoms with Crippen molar-refractivity contribution in [3.05, 3.63) is 15.8 Å². The maximum atomic E-state index is 12.8. The molecule has 1 saturated carbocycles. The molecule has 1 aliphatic heterocycles. The minimum atomic E-state index is -3.46. The third kappa shape index (κ3) is 4.19. The molecule has 0 spiro atoms. The zero-order chi connectivity index (χ0) is 17.5. The van der Waals surface area contributed by atoms with Gasteiger partial charge in [-0.2, -0.15) is 4.31 Å². The van der Waals surface area contributed by atoms with Gasteiger partial charge in [0.1, 0.15) is 0 Å². The van der Waals surface area contributed by atoms with Crippen molar-refractivity contribution in [3.8, 4) is 0 Å². The Morgan fingerprint density at radius 2 is 1.84 bits per heavy atom. The van der Waals surface area contributed by atoms with E-state index in [1.165, 1.54) is 15.6 Å². The van der Waals surface area contributed by atoms with E-state index in [2.05, 4.69) is 0 Å². The molecule has 1 aliphatic carbocycles. The topological polar surface area (TPSA) is 83.7 Å². The molecule has 1 saturated heterocycles. The minimum absolute atomic E-state index is 0. The summed E-state index contributed by atoms with van der Waals surface area (Å²) in [6.45, 7) is 5.41. The maximum absolute atomic E-state index is 12.8. The molecular weight excluding hydrogens is 382 g/mol. The monoisotopic (exact) mass is 407 g/mol. The minimum Gasteiger partial charge on any atom is -0.340 e. The number of nitrogens with two attached hydrogens (primary N) is 1. The molecule has 2 fully saturated rings. The van der Waals surface area contributed by atoms with Crippen LogP contribution in [0.15, 0.2) is 11.0 Å². The molecule has 1 amide bonds. The molecule has 2 heterocycles. The highest BCUT2D eigenvalue weighted by molar-refractivity contribution is 7.89. The third-order valence-electron chi connectivity index (χ3n) is 4.99. The van der Waals surface area contributed by atoms with E-state index in [-0.39, 0.29) is 30.3 Å². The van der Waals surface area contributed by atoms with Gasteiger partial charge in [-0.1, -0.05) is 0 Å². The lowest BCUT2D eigenvalue weighted by Gasteiger charge is -2.35. The van der Waals surface area contributed by atoms with Gasteiger partial charge >= 0.3 is 0 Å². The maximum Gasteiger partial charge on any atom is 0.244 e. The van der Waals surface area contributed by atoms with Crippen molar-refractivity contribution in [2.75, 3.05) is 26.2 Å². The molecule has 0 aromatic carbocycles. The molecule has 2 atom stereocenters. The van der Waals surface area contributed by atoms with Crippen LogP contribution in [0, 0.1) is 19.8 Å². The van der Waals surface area contributed by atoms with Crippen LogP contribution in [-0.2, 0) is 14.8 Å². The fourth-order valence-electron chi connectivity index (χ4n) is 3.65. The number of nitrogens with zero attached hydrogens (tertiary/aromatic N) is 2. The molecule has 1 aromatic heterocycles. The molecular formula is C16H26ClN3O3S2. The first-order chi connectivity index (χ1) is 11.3. The van der Waals surface area contributed by atoms with Crippen LogP contribution in [-0.4, -0.2) is 55.8 Å². The zero-order valence-electron chi connectivity index (χ0n) is 14.6. The number of hydrogen-bond acceptors (Lipinski definition) is 5. The Balaban J connectivity index is 0.00000225. The van der Waals surface area contributed by atoms with Crippen LogP contribution < -0.4 is 5.73 Å². The first-order valence-corrected chi connectivity index (χ1v) is 10.7. The Bertz CT molecular complexity index is 727. The molecule has 2 aliphatic rings. The van der Waals surface area contributed by atoms with Gasteiger partial charge in [-0.3, -0.25) is 4.79 Å². The zero-order valence-corrected chi connectivity index (χ0v) is 17.1. The van der Waals surface area contributed by atoms with Crippen LogP contribution in [0.1, 0.15) is 29.0 Å². The number of halogens is 1. The standard InChI is InChI=1S/C16H25N3O3S2.ClH/c1-11-9-15(12(2)23-11)24(21,22)19-7-5-18(6-8-19)16(20)13-3-4-14(17)10-13;/h9,13-14H,3-8,10,17H2,1-2H3;1H. The molecule has 3 rings (SSSR count). The fourth-order valence-corrected chi connectivity index (χ4v) is 6.60. The SMILES string of the molecule is Cc1cc(S(=O)(=O)N2CCN(C(=O)C3CCC(N)C3)CC2)c(C)s1.Cl. The fraction of sp³-hybridized carbons (Fsp3) is 0.688. The van der Waals surface area contributed by atoms with Gasteiger partial charge in [0.15, 0.2) is 0 Å². The second-order valence-electron chi connectivity index (χ2n) is 6.78. The van der Waals surface area contributed by atoms with E-state index in [0.29, 0.717) is 31.1 Å². The number of rotatable bonds is 3. The molecule has 0 bridgehead atoms. The molecule has 0 radical (unpaired) electrons. The van der Waals surface area contributed by atoms with Crippen molar-refractivity contribution in [1.29, 1.82) is 0 Å². The van der Waals surface area contributed by atoms with Crippen molar-refractivity contribution >= 4 is 39.7 Å². The van der Waals surface area contributed by atoms with Crippen LogP contribution in [0.5, 0.6) is 0 Å². The Kier molecular flexibility index (Phi) is 6.54. The summed E-state index contributed by atoms with van der Waals surface area (Å²) in [4.78, 5) is 16.6. The first-order valence-electron chi connectivity index (χ1n) is 8.40. The molecule has 142 valence electrons. The predicted molar refractivity (Wildman–Crippen MR) is 102 cm³/mol. The number of hydrogen-bond donors (Lipinski definition) is 1. The number of sulfonamides is 1. The lowest BCUT2D eigenvalue weighted by molar-refractivity contribution is -0.136. The predicted octanol–water partition coefficient (Wildman–Crippen LogP) is 1.75. The summed E-state index contributed by atoms with van der Waals surface area (Å²) in [5, 5.41) is 0. The van der Waals surface area contributed by atoms with E-state index in [0.717, 1.165) is 29.0 Å². The smallest absolute Gasteiger partial charge is 0.244 e. The van der Waals surface area contributed by atoms with Crippen LogP contribution in [0.4, 0.5) is 0 Å². The van der Waals surface area contributed by atoms with Crippen LogP contribution in [0.3, 0.4) is 0 Å². The number of aryl methyl sites for hydroxylation is 2. The second kappa shape index (κ2) is 7.92. The number of piperazine rings is 1. The number of thiophene rings is 1. The van der Waals surface area contributed by atoms with Gasteiger partial charge in [-0.25, -0.2) is 8.42 Å². The van der Waals surface area contributed by atoms with Gasteiger partial charge in [0.2, 0.25) is 15.9 Å². The lowest BCUT2D eigenvalue weighted by Crippen LogP contribution is -2.51. The van der Waals surface area contributed by atoms with Crippen LogP contribution in [0.2, 0.25) is 0 Å². The third-order valence-corrected chi connectivity index (χ3v) is 8.11. The first kappa shape index (κ1) is 20.6. The second-order valence-corrected chi connectivity index (χ2v) is 10.1. The Morgan fingerprint density at radius 3 is 2.32 bits per heavy atom. The van der Waals surface area contributed by atoms with Crippen molar-refractivity contribution in [1.82, 2.24) is 9.21 Å². The molecule has 2 N–H and O–H groups in total. The van der Waals surface area contributed by atoms with Crippen LogP contribution in [0.25, 0.3) is 0 Å². The summed E-state index contributed by atoms with van der Waals surface area (Å²) >= 11 is 1.50. The van der Waals surface area contributed by atoms with Gasteiger partial charge in [-0.05, 0) is 39.2 Å². The molecule has 2 unspecified atom stereocenters. The van der Waals surface area contributed by atoms with Gasteiger partial charge < -0.3 is 10.6 Å². The van der Waals surface area contributed by atoms with Crippen molar-refractivity contribution in [2.45, 2.75) is 44.0 Å². The van der Waals surface area contributed by atoms with E-state index >= 15 is 0 Å². The van der Waals surface area contributed by atoms with Gasteiger partial charge in [0, 0.05) is 47.9 Å². The van der Waals surface area contributed by atoms with E-state index in [1.54, 1.807) is 11.0 Å². The quantitative estimate of drug-likeness (QED) is 0.827. The largest absolute Gasteiger partial charge is 0.340 e. The Morgan fingerprint density at radius 1 is 1.20 bits per heavy atom. The van der Waals surface area contributed by atoms with E-state index in [1.807, 2.05) is 13.8 Å². The lowest BCUT2D eigenvalue weighted by atomic mass is 10.1. The number of carbonyl (C=O) groups is 1. The normalized spacial score (nSPS) is 25.0. The van der Waals surface area contributed by atoms with E-state index in [4.69, 9.17) is 5.73 Å². The molecule has 6 nitrogen and oxygen atoms in total. The van der Waals surface area contributed by atoms with Gasteiger partial charge in [0.05, 0.1) is 4.90 Å². The highest BCUT2D eigenvalue weighted by Crippen LogP contribution is 2.29. The molecule has 9 heteroatoms. The van der Waals surface area contributed by atoms with Crippen LogP contribution >= 0.6 is 23.7 Å². The molecule has 25 heavy (non-hydrogen) atoms. The summed E-state index contributed by atoms with van der Waals surface area (Å²) in [7, 11) is -3.46. The summed E-state index contributed by atoms with van der Waals surface area (Å²) in [5.74, 6) is 0.160. The summed E-state index contributed by atoms with van der Waals surface area (Å²) in [5.41, 5.74) is 5.89. The van der Waals surface area contributed by atoms with Gasteiger partial charge in [0.25, 0.3) is 0 Å². The highest BCUT2D eigenvalue weighted by atomic mass is 35.5. The summed E-state index contributed by atoms with van der Waals surface area (Å²) in [6, 6.07) is 1.87. The van der Waals surface area contributed by atoms with Crippen molar-refractivity contribution < 1.29 is 13.2 Å². The van der Waals surface area contributed by atoms with Gasteiger partial charge in [-0.15, -0.1) is 23.7 Å². The van der Waals surface area contributed by atoms with Crippen molar-refractivity contribution in [2.24, 2.45) is 11.7 Å². The average molecular weight is 408 g/mol. The Labute approximate surface area is 159 Å². The Hall–Kier alpha value is -0.670.